The quantitative estimate of drug-likeness (QED) is 0.768. The molecule has 1 aliphatic rings. The highest BCUT2D eigenvalue weighted by molar-refractivity contribution is 4.95. The van der Waals surface area contributed by atoms with E-state index in [2.05, 4.69) is 20.8 Å². The Balaban J connectivity index is 2.74. The Kier molecular flexibility index (Phi) is 5.94. The molecular formula is C15H30O2. The minimum atomic E-state index is -0.301. The molecule has 17 heavy (non-hydrogen) atoms. The van der Waals surface area contributed by atoms with Crippen molar-refractivity contribution < 1.29 is 9.84 Å². The molecule has 1 N–H and O–H groups in total. The monoisotopic (exact) mass is 242 g/mol. The van der Waals surface area contributed by atoms with Crippen LogP contribution in [0.3, 0.4) is 0 Å². The van der Waals surface area contributed by atoms with Crippen molar-refractivity contribution in [3.63, 3.8) is 0 Å². The molecular weight excluding hydrogens is 212 g/mol. The lowest BCUT2D eigenvalue weighted by atomic mass is 9.72. The van der Waals surface area contributed by atoms with Crippen LogP contribution in [0.5, 0.6) is 0 Å². The second-order valence-corrected chi connectivity index (χ2v) is 5.91. The van der Waals surface area contributed by atoms with Gasteiger partial charge in [-0.1, -0.05) is 40.0 Å². The van der Waals surface area contributed by atoms with E-state index in [0.717, 1.165) is 25.7 Å². The lowest BCUT2D eigenvalue weighted by Crippen LogP contribution is -2.51. The zero-order valence-electron chi connectivity index (χ0n) is 12.0. The number of hydrogen-bond donors (Lipinski definition) is 1. The van der Waals surface area contributed by atoms with Gasteiger partial charge in [0.2, 0.25) is 0 Å². The maximum atomic E-state index is 10.6. The summed E-state index contributed by atoms with van der Waals surface area (Å²) in [7, 11) is 0. The first-order valence-electron chi connectivity index (χ1n) is 7.37. The Hall–Kier alpha value is -0.0800. The van der Waals surface area contributed by atoms with E-state index in [0.29, 0.717) is 18.4 Å². The Morgan fingerprint density at radius 1 is 1.41 bits per heavy atom. The van der Waals surface area contributed by atoms with Crippen molar-refractivity contribution in [1.82, 2.24) is 0 Å². The fraction of sp³-hybridized carbons (Fsp3) is 1.00. The van der Waals surface area contributed by atoms with E-state index in [-0.39, 0.29) is 11.7 Å². The van der Waals surface area contributed by atoms with Gasteiger partial charge in [0.1, 0.15) is 0 Å². The maximum absolute atomic E-state index is 10.6. The van der Waals surface area contributed by atoms with Crippen LogP contribution < -0.4 is 0 Å². The average Bonchev–Trinajstić information content (AvgIpc) is 2.28. The van der Waals surface area contributed by atoms with E-state index in [4.69, 9.17) is 4.74 Å². The van der Waals surface area contributed by atoms with E-state index in [1.54, 1.807) is 0 Å². The summed E-state index contributed by atoms with van der Waals surface area (Å²) in [4.78, 5) is 0. The van der Waals surface area contributed by atoms with E-state index in [1.807, 2.05) is 6.92 Å². The van der Waals surface area contributed by atoms with Crippen molar-refractivity contribution in [3.05, 3.63) is 0 Å². The van der Waals surface area contributed by atoms with Crippen LogP contribution in [0.2, 0.25) is 0 Å². The summed E-state index contributed by atoms with van der Waals surface area (Å²) in [5.74, 6) is 1.02. The van der Waals surface area contributed by atoms with Crippen molar-refractivity contribution in [2.45, 2.75) is 77.9 Å². The van der Waals surface area contributed by atoms with Crippen molar-refractivity contribution >= 4 is 0 Å². The highest BCUT2D eigenvalue weighted by atomic mass is 16.5. The van der Waals surface area contributed by atoms with Crippen LogP contribution in [-0.4, -0.2) is 23.4 Å². The molecule has 0 aromatic heterocycles. The zero-order chi connectivity index (χ0) is 12.9. The smallest absolute Gasteiger partial charge is 0.0945 e. The molecule has 0 aliphatic heterocycles. The number of rotatable bonds is 6. The largest absolute Gasteiger partial charge is 0.390 e. The molecule has 0 aromatic carbocycles. The first-order valence-corrected chi connectivity index (χ1v) is 7.37. The third-order valence-electron chi connectivity index (χ3n) is 4.24. The maximum Gasteiger partial charge on any atom is 0.0945 e. The lowest BCUT2D eigenvalue weighted by molar-refractivity contribution is -0.163. The molecule has 2 nitrogen and oxygen atoms in total. The summed E-state index contributed by atoms with van der Waals surface area (Å²) in [6, 6.07) is 0. The minimum Gasteiger partial charge on any atom is -0.390 e. The van der Waals surface area contributed by atoms with Gasteiger partial charge in [0.25, 0.3) is 0 Å². The second kappa shape index (κ2) is 6.75. The molecule has 1 saturated carbocycles. The summed E-state index contributed by atoms with van der Waals surface area (Å²) < 4.78 is 6.02. The van der Waals surface area contributed by atoms with Gasteiger partial charge >= 0.3 is 0 Å². The number of aliphatic hydroxyl groups is 1. The van der Waals surface area contributed by atoms with Crippen LogP contribution in [0.15, 0.2) is 0 Å². The topological polar surface area (TPSA) is 29.5 Å². The van der Waals surface area contributed by atoms with Crippen molar-refractivity contribution in [1.29, 1.82) is 0 Å². The number of hydrogen-bond acceptors (Lipinski definition) is 2. The molecule has 102 valence electrons. The number of aliphatic hydroxyl groups excluding tert-OH is 1. The molecule has 0 heterocycles. The fourth-order valence-electron chi connectivity index (χ4n) is 3.45. The molecule has 0 radical (unpaired) electrons. The fourth-order valence-corrected chi connectivity index (χ4v) is 3.45. The van der Waals surface area contributed by atoms with Crippen LogP contribution in [0.25, 0.3) is 0 Å². The van der Waals surface area contributed by atoms with E-state index >= 15 is 0 Å². The first kappa shape index (κ1) is 15.0. The van der Waals surface area contributed by atoms with Gasteiger partial charge in [-0.2, -0.15) is 0 Å². The molecule has 4 atom stereocenters. The van der Waals surface area contributed by atoms with E-state index in [9.17, 15) is 5.11 Å². The predicted molar refractivity (Wildman–Crippen MR) is 72.1 cm³/mol. The van der Waals surface area contributed by atoms with Gasteiger partial charge in [-0.05, 0) is 38.0 Å². The highest BCUT2D eigenvalue weighted by Gasteiger charge is 2.43. The summed E-state index contributed by atoms with van der Waals surface area (Å²) in [5.41, 5.74) is -0.263. The Bertz CT molecular complexity index is 213. The van der Waals surface area contributed by atoms with Crippen LogP contribution in [-0.2, 0) is 4.74 Å². The summed E-state index contributed by atoms with van der Waals surface area (Å²) >= 11 is 0. The molecule has 0 bridgehead atoms. The molecule has 2 heteroatoms. The second-order valence-electron chi connectivity index (χ2n) is 5.91. The highest BCUT2D eigenvalue weighted by Crippen LogP contribution is 2.40. The predicted octanol–water partition coefficient (Wildman–Crippen LogP) is 3.77. The van der Waals surface area contributed by atoms with Crippen LogP contribution in [0, 0.1) is 11.8 Å². The normalized spacial score (nSPS) is 33.4. The molecule has 1 fully saturated rings. The van der Waals surface area contributed by atoms with Crippen LogP contribution in [0.1, 0.15) is 66.2 Å². The lowest BCUT2D eigenvalue weighted by Gasteiger charge is -2.45. The molecule has 0 saturated heterocycles. The van der Waals surface area contributed by atoms with Crippen LogP contribution in [0.4, 0.5) is 0 Å². The Morgan fingerprint density at radius 2 is 2.12 bits per heavy atom. The van der Waals surface area contributed by atoms with Crippen LogP contribution >= 0.6 is 0 Å². The zero-order valence-corrected chi connectivity index (χ0v) is 12.0. The summed E-state index contributed by atoms with van der Waals surface area (Å²) in [6.45, 7) is 9.37. The molecule has 1 aliphatic carbocycles. The third kappa shape index (κ3) is 3.69. The minimum absolute atomic E-state index is 0.263. The Morgan fingerprint density at radius 3 is 2.65 bits per heavy atom. The van der Waals surface area contributed by atoms with Gasteiger partial charge in [0, 0.05) is 6.61 Å². The summed E-state index contributed by atoms with van der Waals surface area (Å²) in [6.07, 6.45) is 6.45. The first-order chi connectivity index (χ1) is 8.05. The SMILES string of the molecule is CCCC(C)C(O)C1(OCC)CCCC(C)C1. The van der Waals surface area contributed by atoms with Gasteiger partial charge in [0.15, 0.2) is 0 Å². The molecule has 0 aromatic rings. The van der Waals surface area contributed by atoms with Gasteiger partial charge in [0.05, 0.1) is 11.7 Å². The van der Waals surface area contributed by atoms with Gasteiger partial charge < -0.3 is 9.84 Å². The van der Waals surface area contributed by atoms with Gasteiger partial charge in [-0.15, -0.1) is 0 Å². The van der Waals surface area contributed by atoms with Gasteiger partial charge in [-0.25, -0.2) is 0 Å². The van der Waals surface area contributed by atoms with Crippen molar-refractivity contribution in [2.24, 2.45) is 11.8 Å². The van der Waals surface area contributed by atoms with E-state index < -0.39 is 0 Å². The molecule has 0 amide bonds. The molecule has 1 rings (SSSR count). The van der Waals surface area contributed by atoms with Crippen molar-refractivity contribution in [3.8, 4) is 0 Å². The van der Waals surface area contributed by atoms with Gasteiger partial charge in [-0.3, -0.25) is 0 Å². The number of ether oxygens (including phenoxy) is 1. The molecule has 4 unspecified atom stereocenters. The Labute approximate surface area is 107 Å². The third-order valence-corrected chi connectivity index (χ3v) is 4.24. The van der Waals surface area contributed by atoms with Crippen molar-refractivity contribution in [2.75, 3.05) is 6.61 Å². The van der Waals surface area contributed by atoms with E-state index in [1.165, 1.54) is 12.8 Å². The molecule has 0 spiro atoms. The average molecular weight is 242 g/mol. The summed E-state index contributed by atoms with van der Waals surface area (Å²) in [5, 5.41) is 10.6. The standard InChI is InChI=1S/C15H30O2/c1-5-8-13(4)14(16)15(17-6-2)10-7-9-12(3)11-15/h12-14,16H,5-11H2,1-4H3.